The zero-order valence-electron chi connectivity index (χ0n) is 17.1. The normalized spacial score (nSPS) is 11.8. The number of hydrogen-bond donors (Lipinski definition) is 1. The first kappa shape index (κ1) is 22.2. The Bertz CT molecular complexity index is 1170. The fourth-order valence-corrected chi connectivity index (χ4v) is 5.16. The molecule has 2 aromatic carbocycles. The molecule has 8 heteroatoms. The van der Waals surface area contributed by atoms with Crippen LogP contribution in [0.1, 0.15) is 41.6 Å². The molecule has 0 saturated carbocycles. The van der Waals surface area contributed by atoms with Gasteiger partial charge in [-0.25, -0.2) is 17.6 Å². The van der Waals surface area contributed by atoms with Gasteiger partial charge in [0.25, 0.3) is 0 Å². The summed E-state index contributed by atoms with van der Waals surface area (Å²) in [7, 11) is -3.22. The van der Waals surface area contributed by atoms with Crippen molar-refractivity contribution in [1.82, 2.24) is 0 Å². The lowest BCUT2D eigenvalue weighted by Gasteiger charge is -2.11. The van der Waals surface area contributed by atoms with Crippen molar-refractivity contribution in [3.63, 3.8) is 0 Å². The summed E-state index contributed by atoms with van der Waals surface area (Å²) in [6, 6.07) is 11.8. The van der Waals surface area contributed by atoms with E-state index in [4.69, 9.17) is 4.74 Å². The van der Waals surface area contributed by atoms with Gasteiger partial charge in [-0.3, -0.25) is 0 Å². The molecule has 0 atom stereocenters. The maximum Gasteiger partial charge on any atom is 0.348 e. The first-order valence-corrected chi connectivity index (χ1v) is 12.2. The largest absolute Gasteiger partial charge is 0.462 e. The lowest BCUT2D eigenvalue weighted by molar-refractivity contribution is 0.0531. The van der Waals surface area contributed by atoms with Gasteiger partial charge in [0.15, 0.2) is 9.84 Å². The SMILES string of the molecule is CCOC(=O)c1sc2cccc(F)c2c1CNc1cccc(CS(=O)(=O)C(C)C)c1. The number of esters is 1. The van der Waals surface area contributed by atoms with Crippen LogP contribution in [0.15, 0.2) is 42.5 Å². The van der Waals surface area contributed by atoms with Crippen LogP contribution in [-0.4, -0.2) is 26.2 Å². The van der Waals surface area contributed by atoms with Gasteiger partial charge in [-0.1, -0.05) is 18.2 Å². The number of sulfone groups is 1. The number of rotatable bonds is 8. The molecule has 0 spiro atoms. The highest BCUT2D eigenvalue weighted by molar-refractivity contribution is 7.91. The predicted molar refractivity (Wildman–Crippen MR) is 119 cm³/mol. The standard InChI is InChI=1S/C22H24FNO4S2/c1-4-28-22(25)21-17(20-18(23)9-6-10-19(20)29-21)12-24-16-8-5-7-15(11-16)13-30(26,27)14(2)3/h5-11,14,24H,4,12-13H2,1-3H3. The van der Waals surface area contributed by atoms with Crippen LogP contribution in [0.2, 0.25) is 0 Å². The van der Waals surface area contributed by atoms with Crippen LogP contribution in [0.5, 0.6) is 0 Å². The monoisotopic (exact) mass is 449 g/mol. The smallest absolute Gasteiger partial charge is 0.348 e. The number of fused-ring (bicyclic) bond motifs is 1. The predicted octanol–water partition coefficient (Wildman–Crippen LogP) is 5.15. The molecule has 0 aliphatic heterocycles. The van der Waals surface area contributed by atoms with Crippen LogP contribution < -0.4 is 5.32 Å². The fourth-order valence-electron chi connectivity index (χ4n) is 3.06. The van der Waals surface area contributed by atoms with Crippen molar-refractivity contribution in [2.24, 2.45) is 0 Å². The molecule has 1 aromatic heterocycles. The van der Waals surface area contributed by atoms with E-state index in [0.717, 1.165) is 0 Å². The van der Waals surface area contributed by atoms with Crippen LogP contribution in [0.25, 0.3) is 10.1 Å². The third-order valence-electron chi connectivity index (χ3n) is 4.71. The molecule has 0 unspecified atom stereocenters. The molecular formula is C22H24FNO4S2. The van der Waals surface area contributed by atoms with Gasteiger partial charge < -0.3 is 10.1 Å². The van der Waals surface area contributed by atoms with Gasteiger partial charge in [0, 0.05) is 27.9 Å². The van der Waals surface area contributed by atoms with Gasteiger partial charge in [-0.2, -0.15) is 0 Å². The van der Waals surface area contributed by atoms with Gasteiger partial charge in [-0.15, -0.1) is 11.3 Å². The number of nitrogens with one attached hydrogen (secondary N) is 1. The molecule has 3 aromatic rings. The van der Waals surface area contributed by atoms with Crippen molar-refractivity contribution >= 4 is 42.9 Å². The Hall–Kier alpha value is -2.45. The average Bonchev–Trinajstić information content (AvgIpc) is 3.06. The molecule has 0 bridgehead atoms. The van der Waals surface area contributed by atoms with Gasteiger partial charge in [0.1, 0.15) is 10.7 Å². The van der Waals surface area contributed by atoms with Crippen molar-refractivity contribution < 1.29 is 22.3 Å². The van der Waals surface area contributed by atoms with E-state index in [9.17, 15) is 17.6 Å². The molecular weight excluding hydrogens is 425 g/mol. The molecule has 1 heterocycles. The van der Waals surface area contributed by atoms with Gasteiger partial charge in [0.05, 0.1) is 17.6 Å². The Kier molecular flexibility index (Phi) is 6.77. The highest BCUT2D eigenvalue weighted by Gasteiger charge is 2.22. The van der Waals surface area contributed by atoms with Crippen molar-refractivity contribution in [2.75, 3.05) is 11.9 Å². The van der Waals surface area contributed by atoms with Crippen LogP contribution in [0.4, 0.5) is 10.1 Å². The Labute approximate surface area is 179 Å². The van der Waals surface area contributed by atoms with Crippen molar-refractivity contribution in [3.05, 3.63) is 64.3 Å². The van der Waals surface area contributed by atoms with Gasteiger partial charge >= 0.3 is 5.97 Å². The van der Waals surface area contributed by atoms with E-state index in [1.54, 1.807) is 57.2 Å². The molecule has 160 valence electrons. The number of hydrogen-bond acceptors (Lipinski definition) is 6. The third-order valence-corrected chi connectivity index (χ3v) is 8.06. The number of thiophene rings is 1. The molecule has 0 saturated heterocycles. The Morgan fingerprint density at radius 1 is 1.20 bits per heavy atom. The van der Waals surface area contributed by atoms with E-state index in [1.165, 1.54) is 17.4 Å². The quantitative estimate of drug-likeness (QED) is 0.482. The summed E-state index contributed by atoms with van der Waals surface area (Å²) >= 11 is 1.20. The molecule has 0 aliphatic rings. The van der Waals surface area contributed by atoms with E-state index in [1.807, 2.05) is 0 Å². The molecule has 5 nitrogen and oxygen atoms in total. The number of halogens is 1. The molecule has 30 heavy (non-hydrogen) atoms. The summed E-state index contributed by atoms with van der Waals surface area (Å²) in [5, 5.41) is 3.14. The van der Waals surface area contributed by atoms with Crippen molar-refractivity contribution in [3.8, 4) is 0 Å². The summed E-state index contributed by atoms with van der Waals surface area (Å²) in [5.41, 5.74) is 1.89. The lowest BCUT2D eigenvalue weighted by atomic mass is 10.1. The number of benzene rings is 2. The molecule has 0 radical (unpaired) electrons. The number of carbonyl (C=O) groups is 1. The van der Waals surface area contributed by atoms with E-state index in [-0.39, 0.29) is 18.9 Å². The molecule has 0 amide bonds. The molecule has 0 fully saturated rings. The molecule has 3 rings (SSSR count). The second kappa shape index (κ2) is 9.14. The summed E-state index contributed by atoms with van der Waals surface area (Å²) in [5.74, 6) is -0.927. The second-order valence-corrected chi connectivity index (χ2v) is 10.8. The fraction of sp³-hybridized carbons (Fsp3) is 0.318. The summed E-state index contributed by atoms with van der Waals surface area (Å²) in [6.45, 7) is 5.47. The highest BCUT2D eigenvalue weighted by atomic mass is 32.2. The minimum absolute atomic E-state index is 0.0513. The van der Waals surface area contributed by atoms with Crippen LogP contribution in [0.3, 0.4) is 0 Å². The molecule has 1 N–H and O–H groups in total. The zero-order chi connectivity index (χ0) is 21.9. The number of carbonyl (C=O) groups excluding carboxylic acids is 1. The Balaban J connectivity index is 1.90. The Morgan fingerprint density at radius 2 is 1.93 bits per heavy atom. The average molecular weight is 450 g/mol. The van der Waals surface area contributed by atoms with E-state index in [2.05, 4.69) is 5.32 Å². The van der Waals surface area contributed by atoms with Crippen LogP contribution in [0, 0.1) is 5.82 Å². The molecule has 0 aliphatic carbocycles. The topological polar surface area (TPSA) is 72.5 Å². The summed E-state index contributed by atoms with van der Waals surface area (Å²) < 4.78 is 44.8. The van der Waals surface area contributed by atoms with Crippen molar-refractivity contribution in [1.29, 1.82) is 0 Å². The first-order valence-electron chi connectivity index (χ1n) is 9.64. The summed E-state index contributed by atoms with van der Waals surface area (Å²) in [4.78, 5) is 12.8. The third kappa shape index (κ3) is 4.82. The highest BCUT2D eigenvalue weighted by Crippen LogP contribution is 2.34. The van der Waals surface area contributed by atoms with Crippen molar-refractivity contribution in [2.45, 2.75) is 38.3 Å². The van der Waals surface area contributed by atoms with Crippen LogP contribution in [-0.2, 0) is 26.9 Å². The number of ether oxygens (including phenoxy) is 1. The maximum atomic E-state index is 14.5. The summed E-state index contributed by atoms with van der Waals surface area (Å²) in [6.07, 6.45) is 0. The van der Waals surface area contributed by atoms with Crippen LogP contribution >= 0.6 is 11.3 Å². The Morgan fingerprint density at radius 3 is 2.63 bits per heavy atom. The number of anilines is 1. The van der Waals surface area contributed by atoms with E-state index in [0.29, 0.717) is 31.8 Å². The zero-order valence-corrected chi connectivity index (χ0v) is 18.7. The van der Waals surface area contributed by atoms with Gasteiger partial charge in [0.2, 0.25) is 0 Å². The second-order valence-electron chi connectivity index (χ2n) is 7.15. The van der Waals surface area contributed by atoms with E-state index >= 15 is 0 Å². The van der Waals surface area contributed by atoms with E-state index < -0.39 is 26.9 Å². The lowest BCUT2D eigenvalue weighted by Crippen LogP contribution is -2.16. The minimum Gasteiger partial charge on any atom is -0.462 e. The maximum absolute atomic E-state index is 14.5. The first-order chi connectivity index (χ1) is 14.2. The minimum atomic E-state index is -3.22. The van der Waals surface area contributed by atoms with Gasteiger partial charge in [-0.05, 0) is 50.6 Å².